The van der Waals surface area contributed by atoms with Crippen molar-refractivity contribution in [2.24, 2.45) is 0 Å². The molecule has 78 valence electrons. The zero-order chi connectivity index (χ0) is 10.3. The summed E-state index contributed by atoms with van der Waals surface area (Å²) in [5.41, 5.74) is 1.19. The van der Waals surface area contributed by atoms with Crippen LogP contribution in [0, 0.1) is 0 Å². The van der Waals surface area contributed by atoms with Gasteiger partial charge in [0.2, 0.25) is 0 Å². The van der Waals surface area contributed by atoms with E-state index in [9.17, 15) is 4.79 Å². The van der Waals surface area contributed by atoms with E-state index in [-0.39, 0.29) is 5.97 Å². The number of carbonyl (C=O) groups excluding carboxylic acids is 1. The van der Waals surface area contributed by atoms with E-state index in [4.69, 9.17) is 9.47 Å². The third kappa shape index (κ3) is 1.18. The highest BCUT2D eigenvalue weighted by Crippen LogP contribution is 2.42. The first-order valence-corrected chi connectivity index (χ1v) is 5.15. The van der Waals surface area contributed by atoms with Crippen LogP contribution in [0.4, 0.5) is 0 Å². The second kappa shape index (κ2) is 3.03. The van der Waals surface area contributed by atoms with Crippen LogP contribution in [-0.2, 0) is 15.3 Å². The van der Waals surface area contributed by atoms with Crippen LogP contribution in [0.25, 0.3) is 0 Å². The van der Waals surface area contributed by atoms with Crippen molar-refractivity contribution in [2.45, 2.75) is 25.0 Å². The first-order valence-electron chi connectivity index (χ1n) is 5.15. The van der Waals surface area contributed by atoms with E-state index in [0.29, 0.717) is 24.3 Å². The quantitative estimate of drug-likeness (QED) is 0.604. The molecule has 0 N–H and O–H groups in total. The molecule has 0 amide bonds. The Morgan fingerprint density at radius 1 is 1.40 bits per heavy atom. The van der Waals surface area contributed by atoms with Gasteiger partial charge in [-0.05, 0) is 25.0 Å². The minimum Gasteiger partial charge on any atom is -0.423 e. The van der Waals surface area contributed by atoms with Gasteiger partial charge in [0.25, 0.3) is 5.79 Å². The maximum absolute atomic E-state index is 11.6. The van der Waals surface area contributed by atoms with E-state index >= 15 is 0 Å². The van der Waals surface area contributed by atoms with E-state index < -0.39 is 5.79 Å². The molecule has 1 atom stereocenters. The lowest BCUT2D eigenvalue weighted by Crippen LogP contribution is -2.34. The predicted molar refractivity (Wildman–Crippen MR) is 51.1 cm³/mol. The Morgan fingerprint density at radius 3 is 3.13 bits per heavy atom. The summed E-state index contributed by atoms with van der Waals surface area (Å²) in [7, 11) is 0. The minimum absolute atomic E-state index is 0.319. The van der Waals surface area contributed by atoms with Crippen LogP contribution in [-0.4, -0.2) is 17.6 Å². The first-order chi connectivity index (χ1) is 7.32. The number of nitrogens with zero attached hydrogens (tertiary/aromatic N) is 1. The van der Waals surface area contributed by atoms with Crippen LogP contribution < -0.4 is 0 Å². The van der Waals surface area contributed by atoms with Crippen molar-refractivity contribution in [1.82, 2.24) is 4.98 Å². The van der Waals surface area contributed by atoms with Gasteiger partial charge in [-0.2, -0.15) is 0 Å². The number of rotatable bonds is 0. The molecule has 1 unspecified atom stereocenters. The smallest absolute Gasteiger partial charge is 0.343 e. The molecule has 2 aliphatic rings. The Morgan fingerprint density at radius 2 is 2.33 bits per heavy atom. The molecular weight excluding hydrogens is 194 g/mol. The largest absolute Gasteiger partial charge is 0.423 e. The molecule has 0 bridgehead atoms. The van der Waals surface area contributed by atoms with Crippen molar-refractivity contribution in [3.05, 3.63) is 29.6 Å². The highest BCUT2D eigenvalue weighted by Gasteiger charge is 2.48. The molecule has 0 aromatic carbocycles. The average Bonchev–Trinajstić information content (AvgIpc) is 2.55. The molecule has 1 spiro atoms. The number of fused-ring (bicyclic) bond motifs is 2. The van der Waals surface area contributed by atoms with E-state index in [1.54, 1.807) is 18.3 Å². The molecule has 4 heteroatoms. The Balaban J connectivity index is 2.10. The highest BCUT2D eigenvalue weighted by atomic mass is 16.7. The Hall–Kier alpha value is -1.42. The molecule has 1 fully saturated rings. The lowest BCUT2D eigenvalue weighted by atomic mass is 10.0. The topological polar surface area (TPSA) is 48.4 Å². The maximum atomic E-state index is 11.6. The fourth-order valence-electron chi connectivity index (χ4n) is 2.16. The molecule has 15 heavy (non-hydrogen) atoms. The summed E-state index contributed by atoms with van der Waals surface area (Å²) in [6.45, 7) is 0.628. The molecule has 1 saturated heterocycles. The number of aromatic nitrogens is 1. The summed E-state index contributed by atoms with van der Waals surface area (Å²) in [4.78, 5) is 15.8. The molecule has 2 aliphatic heterocycles. The number of esters is 1. The van der Waals surface area contributed by atoms with Gasteiger partial charge in [-0.15, -0.1) is 0 Å². The van der Waals surface area contributed by atoms with Crippen molar-refractivity contribution >= 4 is 5.97 Å². The normalized spacial score (nSPS) is 28.9. The van der Waals surface area contributed by atoms with Gasteiger partial charge >= 0.3 is 5.97 Å². The predicted octanol–water partition coefficient (Wildman–Crippen LogP) is 1.61. The van der Waals surface area contributed by atoms with Gasteiger partial charge in [0.15, 0.2) is 0 Å². The third-order valence-electron chi connectivity index (χ3n) is 2.88. The van der Waals surface area contributed by atoms with Crippen LogP contribution in [0.15, 0.2) is 18.3 Å². The lowest BCUT2D eigenvalue weighted by molar-refractivity contribution is -0.227. The SMILES string of the molecule is O=C1OC2(CCCCO2)c2ncccc21. The number of carbonyl (C=O) groups is 1. The van der Waals surface area contributed by atoms with Crippen LogP contribution in [0.3, 0.4) is 0 Å². The molecule has 4 nitrogen and oxygen atoms in total. The third-order valence-corrected chi connectivity index (χ3v) is 2.88. The van der Waals surface area contributed by atoms with Gasteiger partial charge in [-0.25, -0.2) is 4.79 Å². The van der Waals surface area contributed by atoms with Crippen LogP contribution in [0.1, 0.15) is 35.3 Å². The standard InChI is InChI=1S/C11H11NO3/c13-10-8-4-3-6-12-9(8)11(15-10)5-1-2-7-14-11/h3-4,6H,1-2,5,7H2. The zero-order valence-electron chi connectivity index (χ0n) is 8.23. The van der Waals surface area contributed by atoms with E-state index in [1.807, 2.05) is 0 Å². The lowest BCUT2D eigenvalue weighted by Gasteiger charge is -2.31. The van der Waals surface area contributed by atoms with E-state index in [1.165, 1.54) is 0 Å². The molecular formula is C11H11NO3. The van der Waals surface area contributed by atoms with Crippen LogP contribution in [0.5, 0.6) is 0 Å². The Labute approximate surface area is 87.2 Å². The summed E-state index contributed by atoms with van der Waals surface area (Å²) in [5, 5.41) is 0. The highest BCUT2D eigenvalue weighted by molar-refractivity contribution is 5.93. The van der Waals surface area contributed by atoms with Crippen LogP contribution in [0.2, 0.25) is 0 Å². The van der Waals surface area contributed by atoms with Gasteiger partial charge in [-0.1, -0.05) is 0 Å². The molecule has 0 radical (unpaired) electrons. The number of hydrogen-bond acceptors (Lipinski definition) is 4. The summed E-state index contributed by atoms with van der Waals surface area (Å²) in [6, 6.07) is 3.47. The fraction of sp³-hybridized carbons (Fsp3) is 0.455. The van der Waals surface area contributed by atoms with Gasteiger partial charge in [0, 0.05) is 12.6 Å². The van der Waals surface area contributed by atoms with Crippen LogP contribution >= 0.6 is 0 Å². The number of ether oxygens (including phenoxy) is 2. The monoisotopic (exact) mass is 205 g/mol. The van der Waals surface area contributed by atoms with E-state index in [2.05, 4.69) is 4.98 Å². The van der Waals surface area contributed by atoms with Crippen molar-refractivity contribution in [3.63, 3.8) is 0 Å². The first kappa shape index (κ1) is 8.85. The molecule has 1 aromatic heterocycles. The Kier molecular flexibility index (Phi) is 1.79. The summed E-state index contributed by atoms with van der Waals surface area (Å²) in [6.07, 6.45) is 4.40. The molecule has 3 heterocycles. The van der Waals surface area contributed by atoms with Gasteiger partial charge in [0.1, 0.15) is 5.69 Å². The van der Waals surface area contributed by atoms with Crippen molar-refractivity contribution in [1.29, 1.82) is 0 Å². The maximum Gasteiger partial charge on any atom is 0.343 e. The molecule has 1 aromatic rings. The fourth-order valence-corrected chi connectivity index (χ4v) is 2.16. The molecule has 0 aliphatic carbocycles. The molecule has 3 rings (SSSR count). The zero-order valence-corrected chi connectivity index (χ0v) is 8.23. The minimum atomic E-state index is -0.883. The van der Waals surface area contributed by atoms with Crippen molar-refractivity contribution < 1.29 is 14.3 Å². The van der Waals surface area contributed by atoms with Gasteiger partial charge in [0.05, 0.1) is 12.2 Å². The molecule has 0 saturated carbocycles. The summed E-state index contributed by atoms with van der Waals surface area (Å²) < 4.78 is 11.0. The van der Waals surface area contributed by atoms with Gasteiger partial charge in [-0.3, -0.25) is 4.98 Å². The van der Waals surface area contributed by atoms with Crippen molar-refractivity contribution in [3.8, 4) is 0 Å². The van der Waals surface area contributed by atoms with Crippen molar-refractivity contribution in [2.75, 3.05) is 6.61 Å². The van der Waals surface area contributed by atoms with E-state index in [0.717, 1.165) is 12.8 Å². The summed E-state index contributed by atoms with van der Waals surface area (Å²) in [5.74, 6) is -1.20. The number of hydrogen-bond donors (Lipinski definition) is 0. The second-order valence-electron chi connectivity index (χ2n) is 3.85. The average molecular weight is 205 g/mol. The Bertz CT molecular complexity index is 410. The second-order valence-corrected chi connectivity index (χ2v) is 3.85. The summed E-state index contributed by atoms with van der Waals surface area (Å²) >= 11 is 0. The number of pyridine rings is 1. The van der Waals surface area contributed by atoms with Gasteiger partial charge < -0.3 is 9.47 Å².